The monoisotopic (exact) mass is 431 g/mol. The van der Waals surface area contributed by atoms with Crippen LogP contribution in [0.4, 0.5) is 0 Å². The Morgan fingerprint density at radius 2 is 1.97 bits per heavy atom. The minimum atomic E-state index is -0.303. The lowest BCUT2D eigenvalue weighted by Gasteiger charge is -2.23. The normalized spacial score (nSPS) is 16.8. The van der Waals surface area contributed by atoms with E-state index >= 15 is 0 Å². The summed E-state index contributed by atoms with van der Waals surface area (Å²) in [4.78, 5) is 35.2. The number of nitrogens with zero attached hydrogens (tertiary/aromatic N) is 3. The van der Waals surface area contributed by atoms with Gasteiger partial charge < -0.3 is 9.80 Å². The second kappa shape index (κ2) is 9.71. The average molecular weight is 432 g/mol. The maximum Gasteiger partial charge on any atom is 0.272 e. The van der Waals surface area contributed by atoms with E-state index in [0.29, 0.717) is 38.3 Å². The SMILES string of the molecule is C=CCN1CCN(C(=O)c2ccccn2)C[C@@H](Cc2ccc(-c3cccs3)cc2)C1=O. The second-order valence-electron chi connectivity index (χ2n) is 7.61. The molecule has 1 aliphatic heterocycles. The lowest BCUT2D eigenvalue weighted by molar-refractivity contribution is -0.134. The molecule has 0 spiro atoms. The highest BCUT2D eigenvalue weighted by atomic mass is 32.1. The summed E-state index contributed by atoms with van der Waals surface area (Å²) >= 11 is 1.71. The van der Waals surface area contributed by atoms with Crippen molar-refractivity contribution in [3.8, 4) is 10.4 Å². The maximum absolute atomic E-state index is 13.2. The van der Waals surface area contributed by atoms with Crippen LogP contribution in [0.1, 0.15) is 16.1 Å². The molecule has 3 heterocycles. The van der Waals surface area contributed by atoms with E-state index < -0.39 is 0 Å². The molecule has 1 aliphatic rings. The van der Waals surface area contributed by atoms with E-state index in [9.17, 15) is 9.59 Å². The van der Waals surface area contributed by atoms with E-state index in [1.54, 1.807) is 51.6 Å². The zero-order chi connectivity index (χ0) is 21.6. The standard InChI is InChI=1S/C25H25N3O2S/c1-2-13-27-14-15-28(25(30)22-6-3-4-12-26-22)18-21(24(27)29)17-19-8-10-20(11-9-19)23-7-5-16-31-23/h2-12,16,21H,1,13-15,17-18H2/t21-/m1/s1. The first-order valence-electron chi connectivity index (χ1n) is 10.4. The number of aromatic nitrogens is 1. The highest BCUT2D eigenvalue weighted by molar-refractivity contribution is 7.13. The molecule has 0 bridgehead atoms. The average Bonchev–Trinajstić information content (AvgIpc) is 3.30. The number of hydrogen-bond acceptors (Lipinski definition) is 4. The number of carbonyl (C=O) groups is 2. The fraction of sp³-hybridized carbons (Fsp3) is 0.240. The highest BCUT2D eigenvalue weighted by Crippen LogP contribution is 2.26. The molecule has 0 saturated carbocycles. The number of pyridine rings is 1. The van der Waals surface area contributed by atoms with Crippen molar-refractivity contribution in [3.05, 3.63) is 90.1 Å². The van der Waals surface area contributed by atoms with Gasteiger partial charge in [-0.05, 0) is 41.1 Å². The van der Waals surface area contributed by atoms with Gasteiger partial charge in [0, 0.05) is 37.3 Å². The van der Waals surface area contributed by atoms with Gasteiger partial charge in [-0.3, -0.25) is 14.6 Å². The van der Waals surface area contributed by atoms with Gasteiger partial charge in [-0.2, -0.15) is 0 Å². The van der Waals surface area contributed by atoms with Gasteiger partial charge in [0.1, 0.15) is 5.69 Å². The lowest BCUT2D eigenvalue weighted by Crippen LogP contribution is -2.38. The molecule has 1 aromatic carbocycles. The van der Waals surface area contributed by atoms with Gasteiger partial charge >= 0.3 is 0 Å². The summed E-state index contributed by atoms with van der Waals surface area (Å²) in [5.41, 5.74) is 2.67. The van der Waals surface area contributed by atoms with Crippen LogP contribution in [0.15, 0.2) is 78.8 Å². The molecule has 4 rings (SSSR count). The largest absolute Gasteiger partial charge is 0.337 e. The van der Waals surface area contributed by atoms with Crippen LogP contribution in [0, 0.1) is 5.92 Å². The van der Waals surface area contributed by atoms with Crippen LogP contribution in [-0.4, -0.2) is 52.8 Å². The zero-order valence-electron chi connectivity index (χ0n) is 17.3. The topological polar surface area (TPSA) is 53.5 Å². The molecule has 5 nitrogen and oxygen atoms in total. The first kappa shape index (κ1) is 21.0. The van der Waals surface area contributed by atoms with Gasteiger partial charge in [-0.1, -0.05) is 42.5 Å². The third-order valence-electron chi connectivity index (χ3n) is 5.50. The molecule has 1 atom stereocenters. The van der Waals surface area contributed by atoms with Crippen LogP contribution in [-0.2, 0) is 11.2 Å². The lowest BCUT2D eigenvalue weighted by atomic mass is 9.96. The van der Waals surface area contributed by atoms with Crippen molar-refractivity contribution < 1.29 is 9.59 Å². The minimum absolute atomic E-state index is 0.0681. The molecule has 2 aromatic heterocycles. The van der Waals surface area contributed by atoms with E-state index in [4.69, 9.17) is 0 Å². The second-order valence-corrected chi connectivity index (χ2v) is 8.56. The zero-order valence-corrected chi connectivity index (χ0v) is 18.1. The maximum atomic E-state index is 13.2. The predicted molar refractivity (Wildman–Crippen MR) is 124 cm³/mol. The van der Waals surface area contributed by atoms with Crippen molar-refractivity contribution in [2.24, 2.45) is 5.92 Å². The van der Waals surface area contributed by atoms with Crippen LogP contribution in [0.2, 0.25) is 0 Å². The molecular formula is C25H25N3O2S. The van der Waals surface area contributed by atoms with Gasteiger partial charge in [-0.15, -0.1) is 17.9 Å². The molecule has 0 aliphatic carbocycles. The molecule has 1 fully saturated rings. The number of amides is 2. The van der Waals surface area contributed by atoms with Gasteiger partial charge in [0.2, 0.25) is 5.91 Å². The van der Waals surface area contributed by atoms with Crippen molar-refractivity contribution in [2.75, 3.05) is 26.2 Å². The quantitative estimate of drug-likeness (QED) is 0.551. The molecule has 2 amide bonds. The molecule has 0 N–H and O–H groups in total. The number of rotatable bonds is 6. The Morgan fingerprint density at radius 1 is 1.13 bits per heavy atom. The molecule has 158 valence electrons. The Kier molecular flexibility index (Phi) is 6.57. The van der Waals surface area contributed by atoms with Crippen LogP contribution in [0.25, 0.3) is 10.4 Å². The Morgan fingerprint density at radius 3 is 2.65 bits per heavy atom. The molecule has 31 heavy (non-hydrogen) atoms. The van der Waals surface area contributed by atoms with Crippen LogP contribution < -0.4 is 0 Å². The number of hydrogen-bond donors (Lipinski definition) is 0. The van der Waals surface area contributed by atoms with Crippen molar-refractivity contribution in [1.29, 1.82) is 0 Å². The third-order valence-corrected chi connectivity index (χ3v) is 6.42. The summed E-state index contributed by atoms with van der Waals surface area (Å²) in [6.45, 7) is 5.64. The summed E-state index contributed by atoms with van der Waals surface area (Å²) in [5, 5.41) is 2.06. The molecule has 1 saturated heterocycles. The Bertz CT molecular complexity index is 1030. The van der Waals surface area contributed by atoms with Crippen LogP contribution >= 0.6 is 11.3 Å². The summed E-state index contributed by atoms with van der Waals surface area (Å²) in [5.74, 6) is -0.367. The molecule has 0 radical (unpaired) electrons. The number of benzene rings is 1. The van der Waals surface area contributed by atoms with E-state index in [0.717, 1.165) is 5.56 Å². The summed E-state index contributed by atoms with van der Waals surface area (Å²) in [6.07, 6.45) is 3.94. The first-order chi connectivity index (χ1) is 15.2. The van der Waals surface area contributed by atoms with Crippen molar-refractivity contribution in [3.63, 3.8) is 0 Å². The van der Waals surface area contributed by atoms with Gasteiger partial charge in [-0.25, -0.2) is 0 Å². The van der Waals surface area contributed by atoms with Crippen molar-refractivity contribution in [1.82, 2.24) is 14.8 Å². The van der Waals surface area contributed by atoms with Crippen molar-refractivity contribution in [2.45, 2.75) is 6.42 Å². The molecule has 6 heteroatoms. The van der Waals surface area contributed by atoms with Gasteiger partial charge in [0.25, 0.3) is 5.91 Å². The van der Waals surface area contributed by atoms with E-state index in [-0.39, 0.29) is 17.7 Å². The molecule has 3 aromatic rings. The fourth-order valence-corrected chi connectivity index (χ4v) is 4.64. The van der Waals surface area contributed by atoms with Crippen molar-refractivity contribution >= 4 is 23.2 Å². The summed E-state index contributed by atoms with van der Waals surface area (Å²) < 4.78 is 0. The van der Waals surface area contributed by atoms with Crippen LogP contribution in [0.3, 0.4) is 0 Å². The van der Waals surface area contributed by atoms with Crippen LogP contribution in [0.5, 0.6) is 0 Å². The predicted octanol–water partition coefficient (Wildman–Crippen LogP) is 4.14. The number of carbonyl (C=O) groups excluding carboxylic acids is 2. The van der Waals surface area contributed by atoms with E-state index in [1.807, 2.05) is 6.07 Å². The summed E-state index contributed by atoms with van der Waals surface area (Å²) in [6, 6.07) is 17.8. The van der Waals surface area contributed by atoms with E-state index in [1.165, 1.54) is 10.4 Å². The Hall–Kier alpha value is -3.25. The highest BCUT2D eigenvalue weighted by Gasteiger charge is 2.32. The first-order valence-corrected chi connectivity index (χ1v) is 11.3. The van der Waals surface area contributed by atoms with Gasteiger partial charge in [0.05, 0.1) is 5.92 Å². The number of thiophene rings is 1. The minimum Gasteiger partial charge on any atom is -0.337 e. The Balaban J connectivity index is 1.54. The third kappa shape index (κ3) is 4.91. The fourth-order valence-electron chi connectivity index (χ4n) is 3.90. The van der Waals surface area contributed by atoms with Gasteiger partial charge in [0.15, 0.2) is 0 Å². The Labute approximate surface area is 186 Å². The summed E-state index contributed by atoms with van der Waals surface area (Å²) in [7, 11) is 0. The molecular weight excluding hydrogens is 406 g/mol. The van der Waals surface area contributed by atoms with E-state index in [2.05, 4.69) is 47.3 Å². The molecule has 0 unspecified atom stereocenters. The smallest absolute Gasteiger partial charge is 0.272 e.